The van der Waals surface area contributed by atoms with Crippen LogP contribution in [0.25, 0.3) is 93.0 Å². The first-order chi connectivity index (χ1) is 24.8. The van der Waals surface area contributed by atoms with Gasteiger partial charge >= 0.3 is 0 Å². The van der Waals surface area contributed by atoms with Crippen molar-refractivity contribution in [1.82, 2.24) is 19.5 Å². The third kappa shape index (κ3) is 4.63. The highest BCUT2D eigenvalue weighted by molar-refractivity contribution is 7.26. The fourth-order valence-corrected chi connectivity index (χ4v) is 8.36. The Kier molecular flexibility index (Phi) is 6.64. The molecule has 0 N–H and O–H groups in total. The average molecular weight is 657 g/mol. The van der Waals surface area contributed by atoms with Crippen molar-refractivity contribution in [3.05, 3.63) is 170 Å². The third-order valence-electron chi connectivity index (χ3n) is 9.48. The van der Waals surface area contributed by atoms with Crippen molar-refractivity contribution in [1.29, 1.82) is 0 Å². The Hall–Kier alpha value is -6.43. The summed E-state index contributed by atoms with van der Waals surface area (Å²) in [5, 5.41) is 4.85. The number of nitrogens with zero attached hydrogens (tertiary/aromatic N) is 4. The van der Waals surface area contributed by atoms with Gasteiger partial charge < -0.3 is 4.57 Å². The van der Waals surface area contributed by atoms with E-state index in [1.54, 1.807) is 0 Å². The molecule has 0 amide bonds. The molecule has 0 fully saturated rings. The van der Waals surface area contributed by atoms with Crippen molar-refractivity contribution >= 4 is 53.3 Å². The maximum atomic E-state index is 5.19. The SMILES string of the molecule is c1ccc(-c2ccc(-c3nc(-c4ccccc4)nc(-c4cccc5c4c4ccccc4n5-c4cccc5c4sc4ccccc45)n3)cc2)cc1. The molecule has 0 atom stereocenters. The average Bonchev–Trinajstić information content (AvgIpc) is 3.75. The van der Waals surface area contributed by atoms with Crippen molar-refractivity contribution in [2.24, 2.45) is 0 Å². The molecule has 0 aliphatic carbocycles. The standard InChI is InChI=1S/C45H28N4S/c1-3-13-29(14-4-1)30-25-27-32(28-26-30)44-46-43(31-15-5-2-6-16-31)47-45(48-44)36-20-12-22-38-41(36)35-18-7-9-21-37(35)49(38)39-23-11-19-34-33-17-8-10-24-40(33)50-42(34)39/h1-28H. The largest absolute Gasteiger partial charge is 0.308 e. The first kappa shape index (κ1) is 28.6. The zero-order valence-electron chi connectivity index (χ0n) is 26.9. The number of hydrogen-bond acceptors (Lipinski definition) is 4. The highest BCUT2D eigenvalue weighted by atomic mass is 32.1. The molecule has 7 aromatic carbocycles. The van der Waals surface area contributed by atoms with Gasteiger partial charge in [-0.2, -0.15) is 0 Å². The lowest BCUT2D eigenvalue weighted by Gasteiger charge is -2.11. The van der Waals surface area contributed by atoms with Crippen molar-refractivity contribution < 1.29 is 0 Å². The predicted octanol–water partition coefficient (Wildman–Crippen LogP) is 12.0. The summed E-state index contributed by atoms with van der Waals surface area (Å²) in [6, 6.07) is 59.6. The monoisotopic (exact) mass is 656 g/mol. The lowest BCUT2D eigenvalue weighted by Crippen LogP contribution is -2.00. The molecule has 0 aliphatic heterocycles. The lowest BCUT2D eigenvalue weighted by molar-refractivity contribution is 1.08. The number of thiophene rings is 1. The van der Waals surface area contributed by atoms with Crippen LogP contribution in [0.15, 0.2) is 170 Å². The molecular formula is C45H28N4S. The van der Waals surface area contributed by atoms with Crippen LogP contribution in [0.5, 0.6) is 0 Å². The lowest BCUT2D eigenvalue weighted by atomic mass is 10.0. The van der Waals surface area contributed by atoms with Gasteiger partial charge in [-0.05, 0) is 35.4 Å². The number of aromatic nitrogens is 4. The summed E-state index contributed by atoms with van der Waals surface area (Å²) in [6.07, 6.45) is 0. The topological polar surface area (TPSA) is 43.6 Å². The third-order valence-corrected chi connectivity index (χ3v) is 10.7. The van der Waals surface area contributed by atoms with Crippen molar-refractivity contribution in [3.63, 3.8) is 0 Å². The van der Waals surface area contributed by atoms with Crippen molar-refractivity contribution in [3.8, 4) is 51.0 Å². The molecule has 0 aliphatic rings. The maximum absolute atomic E-state index is 5.19. The first-order valence-electron chi connectivity index (χ1n) is 16.7. The Morgan fingerprint density at radius 1 is 0.380 bits per heavy atom. The quantitative estimate of drug-likeness (QED) is 0.185. The van der Waals surface area contributed by atoms with Gasteiger partial charge in [-0.15, -0.1) is 11.3 Å². The van der Waals surface area contributed by atoms with E-state index < -0.39 is 0 Å². The second-order valence-corrected chi connectivity index (χ2v) is 13.5. The molecular weight excluding hydrogens is 629 g/mol. The molecule has 0 unspecified atom stereocenters. The minimum atomic E-state index is 0.643. The smallest absolute Gasteiger partial charge is 0.164 e. The normalized spacial score (nSPS) is 11.6. The zero-order chi connectivity index (χ0) is 33.0. The van der Waals surface area contributed by atoms with Gasteiger partial charge in [-0.25, -0.2) is 15.0 Å². The fourth-order valence-electron chi connectivity index (χ4n) is 7.16. The molecule has 10 rings (SSSR count). The first-order valence-corrected chi connectivity index (χ1v) is 17.5. The Morgan fingerprint density at radius 2 is 0.920 bits per heavy atom. The van der Waals surface area contributed by atoms with Gasteiger partial charge in [-0.3, -0.25) is 0 Å². The summed E-state index contributed by atoms with van der Waals surface area (Å²) < 4.78 is 4.97. The molecule has 0 saturated carbocycles. The molecule has 0 radical (unpaired) electrons. The van der Waals surface area contributed by atoms with E-state index in [0.29, 0.717) is 17.5 Å². The summed E-state index contributed by atoms with van der Waals surface area (Å²) >= 11 is 1.85. The maximum Gasteiger partial charge on any atom is 0.164 e. The summed E-state index contributed by atoms with van der Waals surface area (Å²) in [7, 11) is 0. The van der Waals surface area contributed by atoms with E-state index in [-0.39, 0.29) is 0 Å². The van der Waals surface area contributed by atoms with Gasteiger partial charge in [0, 0.05) is 42.9 Å². The molecule has 0 bridgehead atoms. The number of para-hydroxylation sites is 1. The van der Waals surface area contributed by atoms with Crippen LogP contribution in [0.1, 0.15) is 0 Å². The van der Waals surface area contributed by atoms with Crippen LogP contribution < -0.4 is 0 Å². The molecule has 50 heavy (non-hydrogen) atoms. The summed E-state index contributed by atoms with van der Waals surface area (Å²) in [5.74, 6) is 1.94. The van der Waals surface area contributed by atoms with Crippen LogP contribution in [-0.2, 0) is 0 Å². The van der Waals surface area contributed by atoms with E-state index >= 15 is 0 Å². The predicted molar refractivity (Wildman–Crippen MR) is 209 cm³/mol. The van der Waals surface area contributed by atoms with E-state index in [2.05, 4.69) is 150 Å². The van der Waals surface area contributed by atoms with E-state index in [0.717, 1.165) is 44.1 Å². The molecule has 234 valence electrons. The summed E-state index contributed by atoms with van der Waals surface area (Å²) in [5.41, 5.74) is 8.63. The van der Waals surface area contributed by atoms with Crippen LogP contribution >= 0.6 is 11.3 Å². The fraction of sp³-hybridized carbons (Fsp3) is 0. The van der Waals surface area contributed by atoms with Crippen molar-refractivity contribution in [2.45, 2.75) is 0 Å². The Bertz CT molecular complexity index is 2850. The number of benzene rings is 7. The highest BCUT2D eigenvalue weighted by Crippen LogP contribution is 2.43. The number of fused-ring (bicyclic) bond motifs is 6. The zero-order valence-corrected chi connectivity index (χ0v) is 27.7. The molecule has 4 nitrogen and oxygen atoms in total. The molecule has 3 aromatic heterocycles. The molecule has 10 aromatic rings. The van der Waals surface area contributed by atoms with Gasteiger partial charge in [0.05, 0.1) is 21.4 Å². The van der Waals surface area contributed by atoms with Crippen LogP contribution in [-0.4, -0.2) is 19.5 Å². The van der Waals surface area contributed by atoms with Gasteiger partial charge in [0.15, 0.2) is 17.5 Å². The summed E-state index contributed by atoms with van der Waals surface area (Å²) in [4.78, 5) is 15.4. The minimum absolute atomic E-state index is 0.643. The second-order valence-electron chi connectivity index (χ2n) is 12.4. The summed E-state index contributed by atoms with van der Waals surface area (Å²) in [6.45, 7) is 0. The van der Waals surface area contributed by atoms with E-state index in [4.69, 9.17) is 15.0 Å². The van der Waals surface area contributed by atoms with Gasteiger partial charge in [0.2, 0.25) is 0 Å². The Labute approximate surface area is 292 Å². The molecule has 0 spiro atoms. The van der Waals surface area contributed by atoms with E-state index in [9.17, 15) is 0 Å². The number of hydrogen-bond donors (Lipinski definition) is 0. The van der Waals surface area contributed by atoms with Crippen molar-refractivity contribution in [2.75, 3.05) is 0 Å². The van der Waals surface area contributed by atoms with E-state index in [1.807, 2.05) is 35.6 Å². The molecule has 3 heterocycles. The molecule has 0 saturated heterocycles. The van der Waals surface area contributed by atoms with E-state index in [1.165, 1.54) is 31.4 Å². The van der Waals surface area contributed by atoms with Gasteiger partial charge in [0.1, 0.15) is 0 Å². The van der Waals surface area contributed by atoms with Crippen LogP contribution in [0.4, 0.5) is 0 Å². The van der Waals surface area contributed by atoms with Crippen LogP contribution in [0.3, 0.4) is 0 Å². The number of rotatable bonds is 5. The second kappa shape index (κ2) is 11.6. The molecule has 5 heteroatoms. The Balaban J connectivity index is 1.21. The Morgan fingerprint density at radius 3 is 1.70 bits per heavy atom. The van der Waals surface area contributed by atoms with Crippen LogP contribution in [0, 0.1) is 0 Å². The van der Waals surface area contributed by atoms with Gasteiger partial charge in [-0.1, -0.05) is 146 Å². The highest BCUT2D eigenvalue weighted by Gasteiger charge is 2.21. The minimum Gasteiger partial charge on any atom is -0.308 e. The van der Waals surface area contributed by atoms with Gasteiger partial charge in [0.25, 0.3) is 0 Å². The van der Waals surface area contributed by atoms with Crippen LogP contribution in [0.2, 0.25) is 0 Å².